The van der Waals surface area contributed by atoms with Crippen LogP contribution in [0.2, 0.25) is 0 Å². The van der Waals surface area contributed by atoms with E-state index in [9.17, 15) is 4.79 Å². The molecular weight excluding hydrogens is 234 g/mol. The molecule has 0 aliphatic rings. The molecule has 0 saturated carbocycles. The summed E-state index contributed by atoms with van der Waals surface area (Å²) in [7, 11) is 1.58. The average molecular weight is 244 g/mol. The molecule has 2 N–H and O–H groups in total. The zero-order chi connectivity index (χ0) is 9.84. The Morgan fingerprint density at radius 3 is 2.85 bits per heavy atom. The number of rotatable bonds is 3. The van der Waals surface area contributed by atoms with E-state index in [-0.39, 0.29) is 12.3 Å². The zero-order valence-electron chi connectivity index (χ0n) is 7.21. The van der Waals surface area contributed by atoms with Crippen molar-refractivity contribution in [2.45, 2.75) is 6.42 Å². The first kappa shape index (κ1) is 10.1. The van der Waals surface area contributed by atoms with E-state index in [1.165, 1.54) is 0 Å². The van der Waals surface area contributed by atoms with Crippen molar-refractivity contribution >= 4 is 21.8 Å². The zero-order valence-corrected chi connectivity index (χ0v) is 8.80. The van der Waals surface area contributed by atoms with Gasteiger partial charge in [-0.2, -0.15) is 0 Å². The highest BCUT2D eigenvalue weighted by atomic mass is 79.9. The van der Waals surface area contributed by atoms with Crippen molar-refractivity contribution in [2.24, 2.45) is 5.73 Å². The van der Waals surface area contributed by atoms with Gasteiger partial charge in [0.2, 0.25) is 5.91 Å². The number of ether oxygens (including phenoxy) is 1. The maximum Gasteiger partial charge on any atom is 0.221 e. The van der Waals surface area contributed by atoms with E-state index in [1.807, 2.05) is 12.1 Å². The van der Waals surface area contributed by atoms with Crippen LogP contribution in [0.3, 0.4) is 0 Å². The molecule has 70 valence electrons. The van der Waals surface area contributed by atoms with E-state index in [0.29, 0.717) is 5.75 Å². The number of hydrogen-bond donors (Lipinski definition) is 1. The predicted molar refractivity (Wildman–Crippen MR) is 53.6 cm³/mol. The number of amides is 1. The van der Waals surface area contributed by atoms with E-state index in [1.54, 1.807) is 13.2 Å². The van der Waals surface area contributed by atoms with Gasteiger partial charge in [-0.25, -0.2) is 0 Å². The molecule has 0 radical (unpaired) electrons. The van der Waals surface area contributed by atoms with Gasteiger partial charge >= 0.3 is 0 Å². The number of halogens is 1. The van der Waals surface area contributed by atoms with Crippen LogP contribution < -0.4 is 10.5 Å². The topological polar surface area (TPSA) is 52.3 Å². The average Bonchev–Trinajstić information content (AvgIpc) is 2.07. The number of carbonyl (C=O) groups is 1. The molecule has 0 aliphatic heterocycles. The van der Waals surface area contributed by atoms with Crippen molar-refractivity contribution in [2.75, 3.05) is 7.11 Å². The van der Waals surface area contributed by atoms with Gasteiger partial charge in [0.15, 0.2) is 0 Å². The summed E-state index contributed by atoms with van der Waals surface area (Å²) in [5, 5.41) is 0. The Morgan fingerprint density at radius 2 is 2.31 bits per heavy atom. The highest BCUT2D eigenvalue weighted by molar-refractivity contribution is 9.10. The molecule has 0 heterocycles. The fraction of sp³-hybridized carbons (Fsp3) is 0.222. The molecule has 1 aromatic rings. The number of methoxy groups -OCH3 is 1. The summed E-state index contributed by atoms with van der Waals surface area (Å²) in [6.45, 7) is 0. The van der Waals surface area contributed by atoms with E-state index >= 15 is 0 Å². The van der Waals surface area contributed by atoms with Crippen molar-refractivity contribution in [3.8, 4) is 5.75 Å². The molecular formula is C9H10BrNO2. The molecule has 0 spiro atoms. The molecule has 0 bridgehead atoms. The summed E-state index contributed by atoms with van der Waals surface area (Å²) in [6.07, 6.45) is 0.240. The second-order valence-electron chi connectivity index (χ2n) is 2.61. The Bertz CT molecular complexity index is 325. The predicted octanol–water partition coefficient (Wildman–Crippen LogP) is 1.49. The summed E-state index contributed by atoms with van der Waals surface area (Å²) in [6, 6.07) is 5.45. The Labute approximate surface area is 85.0 Å². The quantitative estimate of drug-likeness (QED) is 0.875. The molecule has 3 nitrogen and oxygen atoms in total. The van der Waals surface area contributed by atoms with E-state index in [2.05, 4.69) is 15.9 Å². The first-order valence-electron chi connectivity index (χ1n) is 3.74. The van der Waals surface area contributed by atoms with E-state index in [4.69, 9.17) is 10.5 Å². The minimum atomic E-state index is -0.343. The second-order valence-corrected chi connectivity index (χ2v) is 3.47. The van der Waals surface area contributed by atoms with Crippen LogP contribution in [0.5, 0.6) is 5.75 Å². The van der Waals surface area contributed by atoms with Crippen molar-refractivity contribution < 1.29 is 9.53 Å². The first-order valence-corrected chi connectivity index (χ1v) is 4.53. The number of nitrogens with two attached hydrogens (primary N) is 1. The van der Waals surface area contributed by atoms with E-state index < -0.39 is 0 Å². The smallest absolute Gasteiger partial charge is 0.221 e. The molecule has 0 aromatic heterocycles. The van der Waals surface area contributed by atoms with Gasteiger partial charge in [0, 0.05) is 0 Å². The van der Waals surface area contributed by atoms with Crippen LogP contribution in [-0.4, -0.2) is 13.0 Å². The van der Waals surface area contributed by atoms with Crippen molar-refractivity contribution in [3.63, 3.8) is 0 Å². The molecule has 1 rings (SSSR count). The number of primary amides is 1. The van der Waals surface area contributed by atoms with Crippen LogP contribution in [0.25, 0.3) is 0 Å². The van der Waals surface area contributed by atoms with Crippen LogP contribution >= 0.6 is 15.9 Å². The molecule has 4 heteroatoms. The lowest BCUT2D eigenvalue weighted by atomic mass is 10.1. The molecule has 0 atom stereocenters. The Balaban J connectivity index is 2.92. The molecule has 0 saturated heterocycles. The summed E-state index contributed by atoms with van der Waals surface area (Å²) in [4.78, 5) is 10.6. The first-order chi connectivity index (χ1) is 6.13. The second kappa shape index (κ2) is 4.28. The van der Waals surface area contributed by atoms with Crippen molar-refractivity contribution in [1.82, 2.24) is 0 Å². The van der Waals surface area contributed by atoms with E-state index in [0.717, 1.165) is 10.0 Å². The Kier molecular flexibility index (Phi) is 3.31. The van der Waals surface area contributed by atoms with Gasteiger partial charge in [-0.05, 0) is 33.6 Å². The number of hydrogen-bond acceptors (Lipinski definition) is 2. The highest BCUT2D eigenvalue weighted by Gasteiger charge is 2.03. The van der Waals surface area contributed by atoms with Crippen molar-refractivity contribution in [3.05, 3.63) is 28.2 Å². The minimum absolute atomic E-state index is 0.240. The van der Waals surface area contributed by atoms with Gasteiger partial charge in [0.25, 0.3) is 0 Å². The fourth-order valence-corrected chi connectivity index (χ4v) is 1.42. The Hall–Kier alpha value is -1.03. The largest absolute Gasteiger partial charge is 0.496 e. The number of benzene rings is 1. The maximum atomic E-state index is 10.6. The summed E-state index contributed by atoms with van der Waals surface area (Å²) < 4.78 is 5.93. The fourth-order valence-electron chi connectivity index (χ4n) is 1.02. The normalized spacial score (nSPS) is 9.69. The molecule has 0 unspecified atom stereocenters. The van der Waals surface area contributed by atoms with Gasteiger partial charge in [-0.15, -0.1) is 0 Å². The molecule has 1 amide bonds. The third-order valence-corrected chi connectivity index (χ3v) is 2.25. The monoisotopic (exact) mass is 243 g/mol. The van der Waals surface area contributed by atoms with Gasteiger partial charge in [-0.1, -0.05) is 6.07 Å². The Morgan fingerprint density at radius 1 is 1.62 bits per heavy atom. The number of carbonyl (C=O) groups excluding carboxylic acids is 1. The van der Waals surface area contributed by atoms with Gasteiger partial charge in [0.05, 0.1) is 18.0 Å². The SMILES string of the molecule is COc1cc(CC(N)=O)ccc1Br. The highest BCUT2D eigenvalue weighted by Crippen LogP contribution is 2.25. The summed E-state index contributed by atoms with van der Waals surface area (Å²) in [5.41, 5.74) is 5.92. The van der Waals surface area contributed by atoms with Crippen LogP contribution in [0.15, 0.2) is 22.7 Å². The lowest BCUT2D eigenvalue weighted by molar-refractivity contribution is -0.117. The molecule has 1 aromatic carbocycles. The van der Waals surface area contributed by atoms with Gasteiger partial charge in [-0.3, -0.25) is 4.79 Å². The summed E-state index contributed by atoms with van der Waals surface area (Å²) in [5.74, 6) is 0.364. The van der Waals surface area contributed by atoms with Gasteiger partial charge < -0.3 is 10.5 Å². The summed E-state index contributed by atoms with van der Waals surface area (Å²) >= 11 is 3.32. The molecule has 13 heavy (non-hydrogen) atoms. The van der Waals surface area contributed by atoms with Crippen LogP contribution in [0.4, 0.5) is 0 Å². The minimum Gasteiger partial charge on any atom is -0.496 e. The van der Waals surface area contributed by atoms with Crippen LogP contribution in [0, 0.1) is 0 Å². The maximum absolute atomic E-state index is 10.6. The molecule has 0 aliphatic carbocycles. The van der Waals surface area contributed by atoms with Crippen LogP contribution in [0.1, 0.15) is 5.56 Å². The lowest BCUT2D eigenvalue weighted by Crippen LogP contribution is -2.13. The standard InChI is InChI=1S/C9H10BrNO2/c1-13-8-4-6(5-9(11)12)2-3-7(8)10/h2-4H,5H2,1H3,(H2,11,12). The third-order valence-electron chi connectivity index (χ3n) is 1.59. The lowest BCUT2D eigenvalue weighted by Gasteiger charge is -2.04. The van der Waals surface area contributed by atoms with Gasteiger partial charge in [0.1, 0.15) is 5.75 Å². The third kappa shape index (κ3) is 2.73. The molecule has 0 fully saturated rings. The van der Waals surface area contributed by atoms with Crippen LogP contribution in [-0.2, 0) is 11.2 Å². The van der Waals surface area contributed by atoms with Crippen molar-refractivity contribution in [1.29, 1.82) is 0 Å².